The van der Waals surface area contributed by atoms with E-state index in [2.05, 4.69) is 15.1 Å². The summed E-state index contributed by atoms with van der Waals surface area (Å²) in [5.74, 6) is -0.214. The van der Waals surface area contributed by atoms with Crippen LogP contribution in [0, 0.1) is 19.8 Å². The number of aryl methyl sites for hydroxylation is 3. The van der Waals surface area contributed by atoms with Gasteiger partial charge in [-0.1, -0.05) is 19.8 Å². The quantitative estimate of drug-likeness (QED) is 0.263. The molecule has 1 saturated carbocycles. The highest BCUT2D eigenvalue weighted by Crippen LogP contribution is 2.46. The largest absolute Gasteiger partial charge is 0.512 e. The van der Waals surface area contributed by atoms with Gasteiger partial charge in [0.15, 0.2) is 5.82 Å². The van der Waals surface area contributed by atoms with Crippen molar-refractivity contribution in [2.24, 2.45) is 5.92 Å². The molecule has 1 aliphatic heterocycles. The summed E-state index contributed by atoms with van der Waals surface area (Å²) in [6, 6.07) is 4.43. The van der Waals surface area contributed by atoms with Gasteiger partial charge < -0.3 is 19.7 Å². The molecule has 0 amide bonds. The molecule has 2 aromatic heterocycles. The van der Waals surface area contributed by atoms with E-state index in [4.69, 9.17) is 9.47 Å². The Hall–Kier alpha value is -3.83. The first-order chi connectivity index (χ1) is 20.4. The first kappa shape index (κ1) is 30.6. The van der Waals surface area contributed by atoms with E-state index in [0.29, 0.717) is 35.9 Å². The summed E-state index contributed by atoms with van der Waals surface area (Å²) < 4.78 is 53.3. The van der Waals surface area contributed by atoms with Crippen LogP contribution in [0.2, 0.25) is 0 Å². The Labute approximate surface area is 247 Å². The fraction of sp³-hybridized carbons (Fsp3) is 0.548. The second kappa shape index (κ2) is 12.0. The van der Waals surface area contributed by atoms with Crippen LogP contribution in [0.15, 0.2) is 29.5 Å². The fourth-order valence-corrected chi connectivity index (χ4v) is 6.34. The predicted octanol–water partition coefficient (Wildman–Crippen LogP) is 6.20. The van der Waals surface area contributed by atoms with Crippen LogP contribution in [-0.2, 0) is 28.8 Å². The third kappa shape index (κ3) is 6.73. The number of alkyl halides is 3. The molecule has 1 unspecified atom stereocenters. The molecule has 0 bridgehead atoms. The van der Waals surface area contributed by atoms with Crippen LogP contribution in [0.4, 0.5) is 13.2 Å². The lowest BCUT2D eigenvalue weighted by Gasteiger charge is -2.42. The van der Waals surface area contributed by atoms with Crippen LogP contribution in [0.1, 0.15) is 80.2 Å². The molecule has 5 rings (SSSR count). The molecular weight excluding hydrogens is 565 g/mol. The standard InChI is InChI=1S/C31H37F3N4O5/c1-4-11-42-26-15-24(39)21(16-31(32,33)34)13-20(26)9-10-30(22-7-5-6-8-22)17-25(40)23(28(41)43-30)14-27-36-29-35-18(2)12-19(3)38(29)37-27/h12-13,15,22,39-40H,4-11,14,16-17H2,1-3H3. The van der Waals surface area contributed by atoms with Crippen LogP contribution >= 0.6 is 0 Å². The Morgan fingerprint density at radius 1 is 1.12 bits per heavy atom. The lowest BCUT2D eigenvalue weighted by molar-refractivity contribution is -0.167. The number of carbonyl (C=O) groups is 1. The third-order valence-corrected chi connectivity index (χ3v) is 8.39. The zero-order valence-electron chi connectivity index (χ0n) is 24.6. The number of aromatic hydroxyl groups is 1. The number of nitrogens with zero attached hydrogens (tertiary/aromatic N) is 4. The molecule has 12 heteroatoms. The van der Waals surface area contributed by atoms with Gasteiger partial charge in [-0.3, -0.25) is 0 Å². The van der Waals surface area contributed by atoms with Crippen molar-refractivity contribution in [2.75, 3.05) is 6.61 Å². The molecule has 3 aromatic rings. The maximum Gasteiger partial charge on any atom is 0.393 e. The molecule has 2 N–H and O–H groups in total. The molecule has 9 nitrogen and oxygen atoms in total. The van der Waals surface area contributed by atoms with Crippen molar-refractivity contribution >= 4 is 11.7 Å². The molecule has 1 fully saturated rings. The zero-order valence-corrected chi connectivity index (χ0v) is 24.6. The van der Waals surface area contributed by atoms with Crippen molar-refractivity contribution in [3.8, 4) is 11.5 Å². The molecule has 1 aromatic carbocycles. The molecule has 2 aliphatic rings. The van der Waals surface area contributed by atoms with Gasteiger partial charge in [0.25, 0.3) is 5.78 Å². The van der Waals surface area contributed by atoms with Gasteiger partial charge in [-0.15, -0.1) is 5.10 Å². The zero-order chi connectivity index (χ0) is 30.9. The second-order valence-electron chi connectivity index (χ2n) is 11.7. The Kier molecular flexibility index (Phi) is 8.58. The summed E-state index contributed by atoms with van der Waals surface area (Å²) in [5.41, 5.74) is 0.912. The van der Waals surface area contributed by atoms with Crippen molar-refractivity contribution in [1.82, 2.24) is 19.6 Å². The van der Waals surface area contributed by atoms with Crippen molar-refractivity contribution in [2.45, 2.75) is 96.8 Å². The molecule has 232 valence electrons. The first-order valence-corrected chi connectivity index (χ1v) is 14.8. The minimum Gasteiger partial charge on any atom is -0.512 e. The van der Waals surface area contributed by atoms with E-state index in [1.807, 2.05) is 26.8 Å². The molecule has 0 saturated heterocycles. The molecule has 0 spiro atoms. The number of hydrogen-bond acceptors (Lipinski definition) is 8. The Balaban J connectivity index is 1.43. The van der Waals surface area contributed by atoms with Crippen LogP contribution < -0.4 is 4.74 Å². The van der Waals surface area contributed by atoms with E-state index in [-0.39, 0.29) is 48.5 Å². The van der Waals surface area contributed by atoms with E-state index < -0.39 is 29.9 Å². The van der Waals surface area contributed by atoms with E-state index >= 15 is 0 Å². The van der Waals surface area contributed by atoms with Crippen molar-refractivity contribution in [1.29, 1.82) is 0 Å². The second-order valence-corrected chi connectivity index (χ2v) is 11.7. The van der Waals surface area contributed by atoms with E-state index in [1.54, 1.807) is 4.52 Å². The maximum absolute atomic E-state index is 13.5. The van der Waals surface area contributed by atoms with Crippen LogP contribution in [-0.4, -0.2) is 54.1 Å². The van der Waals surface area contributed by atoms with E-state index in [1.165, 1.54) is 12.1 Å². The van der Waals surface area contributed by atoms with Gasteiger partial charge >= 0.3 is 12.1 Å². The minimum absolute atomic E-state index is 0.0185. The molecule has 1 aliphatic carbocycles. The van der Waals surface area contributed by atoms with Gasteiger partial charge in [-0.25, -0.2) is 14.3 Å². The number of aliphatic hydroxyl groups is 1. The van der Waals surface area contributed by atoms with E-state index in [9.17, 15) is 28.2 Å². The van der Waals surface area contributed by atoms with Crippen molar-refractivity contribution < 1.29 is 37.7 Å². The van der Waals surface area contributed by atoms with Crippen molar-refractivity contribution in [3.63, 3.8) is 0 Å². The normalized spacial score (nSPS) is 19.8. The fourth-order valence-electron chi connectivity index (χ4n) is 6.34. The summed E-state index contributed by atoms with van der Waals surface area (Å²) in [4.78, 5) is 22.3. The minimum atomic E-state index is -4.50. The summed E-state index contributed by atoms with van der Waals surface area (Å²) >= 11 is 0. The van der Waals surface area contributed by atoms with Crippen molar-refractivity contribution in [3.05, 3.63) is 57.9 Å². The third-order valence-electron chi connectivity index (χ3n) is 8.39. The monoisotopic (exact) mass is 602 g/mol. The Morgan fingerprint density at radius 3 is 2.53 bits per heavy atom. The van der Waals surface area contributed by atoms with Gasteiger partial charge in [-0.2, -0.15) is 18.2 Å². The topological polar surface area (TPSA) is 119 Å². The number of cyclic esters (lactones) is 1. The number of aliphatic hydroxyl groups excluding tert-OH is 1. The number of aromatic nitrogens is 4. The smallest absolute Gasteiger partial charge is 0.393 e. The predicted molar refractivity (Wildman–Crippen MR) is 151 cm³/mol. The van der Waals surface area contributed by atoms with Crippen LogP contribution in [0.25, 0.3) is 5.78 Å². The molecule has 43 heavy (non-hydrogen) atoms. The van der Waals surface area contributed by atoms with Gasteiger partial charge in [0.05, 0.1) is 18.6 Å². The number of benzene rings is 1. The SMILES string of the molecule is CCCOc1cc(O)c(CC(F)(F)F)cc1CCC1(C2CCCC2)CC(O)=C(Cc2nc3nc(C)cc(C)n3n2)C(=O)O1. The average Bonchev–Trinajstić information content (AvgIpc) is 3.60. The highest BCUT2D eigenvalue weighted by Gasteiger charge is 2.48. The maximum atomic E-state index is 13.5. The molecular formula is C31H37F3N4O5. The highest BCUT2D eigenvalue weighted by atomic mass is 19.4. The molecule has 1 atom stereocenters. The van der Waals surface area contributed by atoms with E-state index in [0.717, 1.165) is 37.1 Å². The number of fused-ring (bicyclic) bond motifs is 1. The summed E-state index contributed by atoms with van der Waals surface area (Å²) in [5, 5.41) is 26.0. The summed E-state index contributed by atoms with van der Waals surface area (Å²) in [6.45, 7) is 5.96. The Morgan fingerprint density at radius 2 is 1.86 bits per heavy atom. The number of phenols is 1. The number of halogens is 3. The van der Waals surface area contributed by atoms with Gasteiger partial charge in [-0.05, 0) is 69.6 Å². The van der Waals surface area contributed by atoms with Crippen LogP contribution in [0.3, 0.4) is 0 Å². The number of hydrogen-bond donors (Lipinski definition) is 2. The highest BCUT2D eigenvalue weighted by molar-refractivity contribution is 5.90. The average molecular weight is 603 g/mol. The number of rotatable bonds is 10. The van der Waals surface area contributed by atoms with Gasteiger partial charge in [0, 0.05) is 35.9 Å². The van der Waals surface area contributed by atoms with Gasteiger partial charge in [0.2, 0.25) is 0 Å². The number of esters is 1. The summed E-state index contributed by atoms with van der Waals surface area (Å²) in [7, 11) is 0. The Bertz CT molecular complexity index is 1540. The molecule has 0 radical (unpaired) electrons. The van der Waals surface area contributed by atoms with Gasteiger partial charge in [0.1, 0.15) is 22.9 Å². The first-order valence-electron chi connectivity index (χ1n) is 14.8. The van der Waals surface area contributed by atoms with Crippen LogP contribution in [0.5, 0.6) is 11.5 Å². The number of carbonyl (C=O) groups excluding carboxylic acids is 1. The lowest BCUT2D eigenvalue weighted by Crippen LogP contribution is -2.46. The lowest BCUT2D eigenvalue weighted by atomic mass is 9.76. The number of phenolic OH excluding ortho intramolecular Hbond substituents is 1. The number of ether oxygens (including phenoxy) is 2. The molecule has 3 heterocycles. The summed E-state index contributed by atoms with van der Waals surface area (Å²) in [6.07, 6.45) is -1.01.